The van der Waals surface area contributed by atoms with E-state index in [1.54, 1.807) is 0 Å². The van der Waals surface area contributed by atoms with Crippen LogP contribution in [-0.2, 0) is 11.3 Å². The predicted octanol–water partition coefficient (Wildman–Crippen LogP) is 1.30. The molecule has 1 aromatic heterocycles. The van der Waals surface area contributed by atoms with Gasteiger partial charge in [0.05, 0.1) is 13.2 Å². The second-order valence-electron chi connectivity index (χ2n) is 4.15. The molecule has 5 nitrogen and oxygen atoms in total. The molecule has 0 atom stereocenters. The summed E-state index contributed by atoms with van der Waals surface area (Å²) in [6, 6.07) is 0. The zero-order chi connectivity index (χ0) is 12.5. The predicted molar refractivity (Wildman–Crippen MR) is 68.1 cm³/mol. The Bertz CT molecular complexity index is 311. The highest BCUT2D eigenvalue weighted by Gasteiger charge is 2.00. The molecular weight excluding hydrogens is 216 g/mol. The smallest absolute Gasteiger partial charge is 0.147 e. The van der Waals surface area contributed by atoms with Gasteiger partial charge in [0, 0.05) is 19.7 Å². The van der Waals surface area contributed by atoms with Gasteiger partial charge in [0.2, 0.25) is 0 Å². The molecule has 0 saturated carbocycles. The Morgan fingerprint density at radius 3 is 2.71 bits per heavy atom. The van der Waals surface area contributed by atoms with E-state index in [4.69, 9.17) is 4.74 Å². The van der Waals surface area contributed by atoms with E-state index in [1.807, 2.05) is 18.5 Å². The average Bonchev–Trinajstić information content (AvgIpc) is 2.61. The highest BCUT2D eigenvalue weighted by molar-refractivity contribution is 4.87. The molecule has 0 bridgehead atoms. The van der Waals surface area contributed by atoms with E-state index in [-0.39, 0.29) is 0 Å². The van der Waals surface area contributed by atoms with Crippen molar-refractivity contribution in [1.29, 1.82) is 0 Å². The first-order valence-electron chi connectivity index (χ1n) is 6.40. The first-order chi connectivity index (χ1) is 8.24. The zero-order valence-corrected chi connectivity index (χ0v) is 11.2. The van der Waals surface area contributed by atoms with Gasteiger partial charge < -0.3 is 10.1 Å². The molecule has 1 heterocycles. The van der Waals surface area contributed by atoms with Gasteiger partial charge in [-0.15, -0.1) is 0 Å². The number of hydrogen-bond donors (Lipinski definition) is 1. The van der Waals surface area contributed by atoms with E-state index in [1.165, 1.54) is 6.42 Å². The van der Waals surface area contributed by atoms with Gasteiger partial charge in [0.1, 0.15) is 11.6 Å². The van der Waals surface area contributed by atoms with E-state index in [9.17, 15) is 0 Å². The molecule has 0 saturated heterocycles. The summed E-state index contributed by atoms with van der Waals surface area (Å²) in [7, 11) is 0. The number of unbranched alkanes of at least 4 members (excludes halogenated alkanes) is 1. The molecule has 0 aliphatic rings. The lowest BCUT2D eigenvalue weighted by Gasteiger charge is -2.06. The van der Waals surface area contributed by atoms with Crippen LogP contribution >= 0.6 is 0 Å². The lowest BCUT2D eigenvalue weighted by Crippen LogP contribution is -2.25. The van der Waals surface area contributed by atoms with Crippen molar-refractivity contribution in [2.24, 2.45) is 0 Å². The molecule has 0 radical (unpaired) electrons. The molecule has 1 rings (SSSR count). The van der Waals surface area contributed by atoms with Crippen LogP contribution in [0.1, 0.15) is 31.4 Å². The Balaban J connectivity index is 1.99. The van der Waals surface area contributed by atoms with Gasteiger partial charge in [-0.05, 0) is 20.3 Å². The van der Waals surface area contributed by atoms with Gasteiger partial charge in [-0.2, -0.15) is 5.10 Å². The van der Waals surface area contributed by atoms with Crippen molar-refractivity contribution in [2.45, 2.75) is 40.2 Å². The fourth-order valence-corrected chi connectivity index (χ4v) is 1.58. The van der Waals surface area contributed by atoms with Crippen LogP contribution in [0.4, 0.5) is 0 Å². The van der Waals surface area contributed by atoms with E-state index in [0.29, 0.717) is 0 Å². The highest BCUT2D eigenvalue weighted by atomic mass is 16.5. The second-order valence-corrected chi connectivity index (χ2v) is 4.15. The fraction of sp³-hybridized carbons (Fsp3) is 0.833. The minimum absolute atomic E-state index is 0.787. The Morgan fingerprint density at radius 1 is 1.24 bits per heavy atom. The maximum atomic E-state index is 5.46. The first kappa shape index (κ1) is 14.1. The minimum Gasteiger partial charge on any atom is -0.380 e. The Hall–Kier alpha value is -0.940. The third kappa shape index (κ3) is 5.79. The maximum absolute atomic E-state index is 5.46. The lowest BCUT2D eigenvalue weighted by molar-refractivity contribution is 0.133. The van der Waals surface area contributed by atoms with E-state index in [2.05, 4.69) is 22.3 Å². The summed E-state index contributed by atoms with van der Waals surface area (Å²) in [6.45, 7) is 10.4. The monoisotopic (exact) mass is 240 g/mol. The SMILES string of the molecule is CCCCOCCNCCn1nc(C)nc1C. The number of aromatic nitrogens is 3. The van der Waals surface area contributed by atoms with Crippen LogP contribution in [0, 0.1) is 13.8 Å². The van der Waals surface area contributed by atoms with Crippen LogP contribution in [0.15, 0.2) is 0 Å². The molecule has 5 heteroatoms. The van der Waals surface area contributed by atoms with Gasteiger partial charge in [0.25, 0.3) is 0 Å². The molecule has 1 aromatic rings. The lowest BCUT2D eigenvalue weighted by atomic mass is 10.4. The van der Waals surface area contributed by atoms with Crippen LogP contribution in [0.5, 0.6) is 0 Å². The summed E-state index contributed by atoms with van der Waals surface area (Å²) in [4.78, 5) is 4.26. The van der Waals surface area contributed by atoms with Gasteiger partial charge >= 0.3 is 0 Å². The molecule has 0 unspecified atom stereocenters. The molecule has 0 aliphatic carbocycles. The van der Waals surface area contributed by atoms with Crippen LogP contribution in [0.2, 0.25) is 0 Å². The summed E-state index contributed by atoms with van der Waals surface area (Å²) >= 11 is 0. The topological polar surface area (TPSA) is 52.0 Å². The summed E-state index contributed by atoms with van der Waals surface area (Å²) in [6.07, 6.45) is 2.34. The van der Waals surface area contributed by atoms with Gasteiger partial charge in [-0.25, -0.2) is 9.67 Å². The number of aryl methyl sites for hydroxylation is 2. The molecule has 98 valence electrons. The largest absolute Gasteiger partial charge is 0.380 e. The minimum atomic E-state index is 0.787. The Labute approximate surface area is 104 Å². The van der Waals surface area contributed by atoms with Crippen molar-refractivity contribution in [3.05, 3.63) is 11.6 Å². The molecule has 1 N–H and O–H groups in total. The fourth-order valence-electron chi connectivity index (χ4n) is 1.58. The van der Waals surface area contributed by atoms with Crippen LogP contribution < -0.4 is 5.32 Å². The van der Waals surface area contributed by atoms with Crippen molar-refractivity contribution < 1.29 is 4.74 Å². The number of rotatable bonds is 9. The van der Waals surface area contributed by atoms with Crippen LogP contribution in [-0.4, -0.2) is 41.1 Å². The number of nitrogens with one attached hydrogen (secondary N) is 1. The standard InChI is InChI=1S/C12H24N4O/c1-4-5-9-17-10-7-13-6-8-16-12(3)14-11(2)15-16/h13H,4-10H2,1-3H3. The van der Waals surface area contributed by atoms with Gasteiger partial charge in [-0.3, -0.25) is 0 Å². The normalized spacial score (nSPS) is 11.0. The van der Waals surface area contributed by atoms with E-state index < -0.39 is 0 Å². The van der Waals surface area contributed by atoms with Crippen molar-refractivity contribution in [1.82, 2.24) is 20.1 Å². The third-order valence-corrected chi connectivity index (χ3v) is 2.53. The zero-order valence-electron chi connectivity index (χ0n) is 11.2. The summed E-state index contributed by atoms with van der Waals surface area (Å²) in [5.41, 5.74) is 0. The molecular formula is C12H24N4O. The molecule has 0 fully saturated rings. The third-order valence-electron chi connectivity index (χ3n) is 2.53. The molecule has 17 heavy (non-hydrogen) atoms. The van der Waals surface area contributed by atoms with Crippen molar-refractivity contribution in [3.63, 3.8) is 0 Å². The first-order valence-corrected chi connectivity index (χ1v) is 6.40. The second kappa shape index (κ2) is 8.20. The number of hydrogen-bond acceptors (Lipinski definition) is 4. The quantitative estimate of drug-likeness (QED) is 0.661. The number of ether oxygens (including phenoxy) is 1. The van der Waals surface area contributed by atoms with Crippen molar-refractivity contribution in [3.8, 4) is 0 Å². The Morgan fingerprint density at radius 2 is 2.06 bits per heavy atom. The van der Waals surface area contributed by atoms with Crippen LogP contribution in [0.3, 0.4) is 0 Å². The molecule has 0 aliphatic heterocycles. The number of nitrogens with zero attached hydrogens (tertiary/aromatic N) is 3. The average molecular weight is 240 g/mol. The maximum Gasteiger partial charge on any atom is 0.147 e. The van der Waals surface area contributed by atoms with Crippen LogP contribution in [0.25, 0.3) is 0 Å². The van der Waals surface area contributed by atoms with Gasteiger partial charge in [0.15, 0.2) is 0 Å². The molecule has 0 aromatic carbocycles. The Kier molecular flexibility index (Phi) is 6.81. The summed E-state index contributed by atoms with van der Waals surface area (Å²) in [5.74, 6) is 1.81. The van der Waals surface area contributed by atoms with Crippen molar-refractivity contribution >= 4 is 0 Å². The van der Waals surface area contributed by atoms with E-state index >= 15 is 0 Å². The van der Waals surface area contributed by atoms with Crippen molar-refractivity contribution in [2.75, 3.05) is 26.3 Å². The molecule has 0 spiro atoms. The van der Waals surface area contributed by atoms with Gasteiger partial charge in [-0.1, -0.05) is 13.3 Å². The highest BCUT2D eigenvalue weighted by Crippen LogP contribution is 1.94. The summed E-state index contributed by atoms with van der Waals surface area (Å²) < 4.78 is 7.39. The summed E-state index contributed by atoms with van der Waals surface area (Å²) in [5, 5.41) is 7.64. The van der Waals surface area contributed by atoms with E-state index in [0.717, 1.165) is 50.9 Å². The molecule has 0 amide bonds.